The van der Waals surface area contributed by atoms with Crippen molar-refractivity contribution >= 4 is 11.8 Å². The summed E-state index contributed by atoms with van der Waals surface area (Å²) in [5, 5.41) is 8.40. The molecular formula is C10H9FO4. The number of halogens is 1. The van der Waals surface area contributed by atoms with Gasteiger partial charge in [0.2, 0.25) is 5.78 Å². The fraction of sp³-hybridized carbons (Fsp3) is 0.200. The Morgan fingerprint density at radius 3 is 2.67 bits per heavy atom. The van der Waals surface area contributed by atoms with Gasteiger partial charge in [-0.2, -0.15) is 0 Å². The summed E-state index contributed by atoms with van der Waals surface area (Å²) in [6.07, 6.45) is -0.307. The lowest BCUT2D eigenvalue weighted by Gasteiger charge is -2.06. The molecule has 0 spiro atoms. The molecule has 0 aliphatic heterocycles. The minimum atomic E-state index is -1.51. The van der Waals surface area contributed by atoms with Gasteiger partial charge in [0.15, 0.2) is 0 Å². The molecule has 0 saturated carbocycles. The number of hydrogen-bond donors (Lipinski definition) is 1. The van der Waals surface area contributed by atoms with Crippen molar-refractivity contribution in [1.29, 1.82) is 0 Å². The van der Waals surface area contributed by atoms with Crippen LogP contribution in [0.3, 0.4) is 0 Å². The van der Waals surface area contributed by atoms with E-state index in [2.05, 4.69) is 0 Å². The highest BCUT2D eigenvalue weighted by atomic mass is 19.1. The molecule has 5 heteroatoms. The second-order valence-electron chi connectivity index (χ2n) is 2.86. The van der Waals surface area contributed by atoms with E-state index in [0.717, 1.165) is 12.1 Å². The second kappa shape index (κ2) is 4.54. The first-order valence-electron chi connectivity index (χ1n) is 4.13. The molecule has 1 aromatic carbocycles. The lowest BCUT2D eigenvalue weighted by atomic mass is 10.1. The van der Waals surface area contributed by atoms with E-state index in [1.165, 1.54) is 13.2 Å². The zero-order valence-electron chi connectivity index (χ0n) is 7.99. The Morgan fingerprint density at radius 1 is 1.47 bits per heavy atom. The van der Waals surface area contributed by atoms with E-state index in [1.54, 1.807) is 0 Å². The van der Waals surface area contributed by atoms with Crippen LogP contribution in [0.4, 0.5) is 4.39 Å². The summed E-state index contributed by atoms with van der Waals surface area (Å²) in [7, 11) is 1.32. The molecule has 0 bridgehead atoms. The van der Waals surface area contributed by atoms with Gasteiger partial charge in [0.05, 0.1) is 7.11 Å². The van der Waals surface area contributed by atoms with E-state index in [4.69, 9.17) is 9.84 Å². The Hall–Kier alpha value is -1.91. The average Bonchev–Trinajstić information content (AvgIpc) is 2.20. The van der Waals surface area contributed by atoms with E-state index >= 15 is 0 Å². The number of hydrogen-bond acceptors (Lipinski definition) is 3. The van der Waals surface area contributed by atoms with Crippen molar-refractivity contribution in [3.05, 3.63) is 29.6 Å². The van der Waals surface area contributed by atoms with Crippen molar-refractivity contribution in [2.24, 2.45) is 0 Å². The normalized spacial score (nSPS) is 9.73. The maximum absolute atomic E-state index is 12.7. The maximum atomic E-state index is 12.7. The van der Waals surface area contributed by atoms with Gasteiger partial charge in [-0.1, -0.05) is 6.07 Å². The first kappa shape index (κ1) is 11.2. The largest absolute Gasteiger partial charge is 0.496 e. The van der Waals surface area contributed by atoms with Gasteiger partial charge >= 0.3 is 5.97 Å². The third-order valence-corrected chi connectivity index (χ3v) is 1.84. The van der Waals surface area contributed by atoms with E-state index in [0.29, 0.717) is 5.56 Å². The van der Waals surface area contributed by atoms with Crippen LogP contribution in [0.15, 0.2) is 18.2 Å². The summed E-state index contributed by atoms with van der Waals surface area (Å²) in [6, 6.07) is 3.58. The van der Waals surface area contributed by atoms with Gasteiger partial charge in [-0.05, 0) is 6.07 Å². The highest BCUT2D eigenvalue weighted by Crippen LogP contribution is 2.20. The molecule has 0 heterocycles. The minimum absolute atomic E-state index is 0.171. The fourth-order valence-corrected chi connectivity index (χ4v) is 1.11. The van der Waals surface area contributed by atoms with Crippen LogP contribution in [0.1, 0.15) is 5.56 Å². The molecule has 0 amide bonds. The number of carboxylic acids is 1. The molecule has 0 aromatic heterocycles. The van der Waals surface area contributed by atoms with Crippen molar-refractivity contribution in [3.8, 4) is 5.75 Å². The number of methoxy groups -OCH3 is 1. The summed E-state index contributed by atoms with van der Waals surface area (Å²) < 4.78 is 17.6. The second-order valence-corrected chi connectivity index (χ2v) is 2.86. The molecule has 0 atom stereocenters. The number of ether oxygens (including phenoxy) is 1. The van der Waals surface area contributed by atoms with Crippen LogP contribution in [0.2, 0.25) is 0 Å². The van der Waals surface area contributed by atoms with Crippen molar-refractivity contribution in [2.45, 2.75) is 6.42 Å². The lowest BCUT2D eigenvalue weighted by Crippen LogP contribution is -2.15. The number of carbonyl (C=O) groups excluding carboxylic acids is 1. The van der Waals surface area contributed by atoms with E-state index < -0.39 is 17.6 Å². The number of aliphatic carboxylic acids is 1. The molecule has 0 radical (unpaired) electrons. The Morgan fingerprint density at radius 2 is 2.13 bits per heavy atom. The summed E-state index contributed by atoms with van der Waals surface area (Å²) in [4.78, 5) is 21.2. The van der Waals surface area contributed by atoms with Crippen molar-refractivity contribution in [2.75, 3.05) is 7.11 Å². The van der Waals surface area contributed by atoms with Gasteiger partial charge < -0.3 is 9.84 Å². The van der Waals surface area contributed by atoms with Crippen molar-refractivity contribution in [3.63, 3.8) is 0 Å². The number of rotatable bonds is 4. The quantitative estimate of drug-likeness (QED) is 0.757. The van der Waals surface area contributed by atoms with Gasteiger partial charge in [0, 0.05) is 18.1 Å². The first-order chi connectivity index (χ1) is 7.04. The fourth-order valence-electron chi connectivity index (χ4n) is 1.11. The topological polar surface area (TPSA) is 63.6 Å². The molecule has 80 valence electrons. The van der Waals surface area contributed by atoms with Crippen molar-refractivity contribution < 1.29 is 23.8 Å². The predicted molar refractivity (Wildman–Crippen MR) is 49.3 cm³/mol. The molecule has 0 saturated heterocycles. The Bertz CT molecular complexity index is 400. The summed E-state index contributed by atoms with van der Waals surface area (Å²) in [5.74, 6) is -2.80. The standard InChI is InChI=1S/C10H9FO4/c1-15-9-5-7(11)3-2-6(9)4-8(12)10(13)14/h2-3,5H,4H2,1H3,(H,13,14). The molecule has 0 fully saturated rings. The van der Waals surface area contributed by atoms with Gasteiger partial charge in [-0.15, -0.1) is 0 Å². The minimum Gasteiger partial charge on any atom is -0.496 e. The highest BCUT2D eigenvalue weighted by molar-refractivity contribution is 6.33. The number of carboxylic acid groups (broad SMARTS) is 1. The summed E-state index contributed by atoms with van der Waals surface area (Å²) in [5.41, 5.74) is 0.353. The van der Waals surface area contributed by atoms with Crippen LogP contribution in [-0.4, -0.2) is 24.0 Å². The lowest BCUT2D eigenvalue weighted by molar-refractivity contribution is -0.148. The number of Topliss-reactive ketones (excluding diaryl/α,β-unsaturated/α-hetero) is 1. The van der Waals surface area contributed by atoms with Crippen LogP contribution in [0.25, 0.3) is 0 Å². The number of carbonyl (C=O) groups is 2. The Balaban J connectivity index is 2.94. The van der Waals surface area contributed by atoms with Crippen LogP contribution in [-0.2, 0) is 16.0 Å². The zero-order chi connectivity index (χ0) is 11.4. The monoisotopic (exact) mass is 212 g/mol. The molecule has 0 aliphatic rings. The Kier molecular flexibility index (Phi) is 3.38. The van der Waals surface area contributed by atoms with Crippen LogP contribution in [0.5, 0.6) is 5.75 Å². The highest BCUT2D eigenvalue weighted by Gasteiger charge is 2.15. The zero-order valence-corrected chi connectivity index (χ0v) is 7.99. The first-order valence-corrected chi connectivity index (χ1v) is 4.13. The average molecular weight is 212 g/mol. The number of ketones is 1. The predicted octanol–water partition coefficient (Wildman–Crippen LogP) is 1.03. The van der Waals surface area contributed by atoms with Gasteiger partial charge in [-0.25, -0.2) is 9.18 Å². The molecule has 0 aliphatic carbocycles. The molecule has 1 N–H and O–H groups in total. The Labute approximate surface area is 85.3 Å². The van der Waals surface area contributed by atoms with E-state index in [-0.39, 0.29) is 12.2 Å². The molecule has 1 aromatic rings. The molecule has 4 nitrogen and oxygen atoms in total. The molecular weight excluding hydrogens is 203 g/mol. The van der Waals surface area contributed by atoms with Crippen LogP contribution in [0, 0.1) is 5.82 Å². The summed E-state index contributed by atoms with van der Waals surface area (Å²) >= 11 is 0. The van der Waals surface area contributed by atoms with Crippen LogP contribution >= 0.6 is 0 Å². The smallest absolute Gasteiger partial charge is 0.372 e. The van der Waals surface area contributed by atoms with Gasteiger partial charge in [0.25, 0.3) is 0 Å². The third-order valence-electron chi connectivity index (χ3n) is 1.84. The molecule has 15 heavy (non-hydrogen) atoms. The third kappa shape index (κ3) is 2.77. The summed E-state index contributed by atoms with van der Waals surface area (Å²) in [6.45, 7) is 0. The van der Waals surface area contributed by atoms with Gasteiger partial charge in [-0.3, -0.25) is 4.79 Å². The maximum Gasteiger partial charge on any atom is 0.372 e. The SMILES string of the molecule is COc1cc(F)ccc1CC(=O)C(=O)O. The molecule has 0 unspecified atom stereocenters. The van der Waals surface area contributed by atoms with E-state index in [9.17, 15) is 14.0 Å². The van der Waals surface area contributed by atoms with Crippen LogP contribution < -0.4 is 4.74 Å². The van der Waals surface area contributed by atoms with Gasteiger partial charge in [0.1, 0.15) is 11.6 Å². The number of benzene rings is 1. The van der Waals surface area contributed by atoms with Crippen molar-refractivity contribution in [1.82, 2.24) is 0 Å². The van der Waals surface area contributed by atoms with E-state index in [1.807, 2.05) is 0 Å². The molecule has 1 rings (SSSR count).